The van der Waals surface area contributed by atoms with Crippen LogP contribution in [0.3, 0.4) is 0 Å². The summed E-state index contributed by atoms with van der Waals surface area (Å²) in [4.78, 5) is 0. The standard InChI is InChI=1S/C19H20O3/c1-21-18-11-15-9-5-6-10-17(20)16(15)12-19(18)22-13-14-7-3-2-4-8-14/h2-8,11-12,17,20H,9-10,13H2,1H3. The van der Waals surface area contributed by atoms with Crippen LogP contribution in [0.2, 0.25) is 0 Å². The minimum Gasteiger partial charge on any atom is -0.493 e. The number of aliphatic hydroxyl groups excluding tert-OH is 1. The molecule has 0 radical (unpaired) electrons. The van der Waals surface area contributed by atoms with Crippen molar-refractivity contribution in [3.8, 4) is 11.5 Å². The molecule has 1 aliphatic carbocycles. The van der Waals surface area contributed by atoms with Gasteiger partial charge in [-0.15, -0.1) is 0 Å². The van der Waals surface area contributed by atoms with Crippen molar-refractivity contribution < 1.29 is 14.6 Å². The van der Waals surface area contributed by atoms with Crippen molar-refractivity contribution in [3.63, 3.8) is 0 Å². The first-order valence-corrected chi connectivity index (χ1v) is 7.48. The van der Waals surface area contributed by atoms with Crippen LogP contribution in [0, 0.1) is 0 Å². The molecule has 0 aromatic heterocycles. The molecule has 114 valence electrons. The maximum atomic E-state index is 10.3. The highest BCUT2D eigenvalue weighted by Gasteiger charge is 2.18. The fourth-order valence-electron chi connectivity index (χ4n) is 2.67. The van der Waals surface area contributed by atoms with Gasteiger partial charge in [0.05, 0.1) is 13.2 Å². The van der Waals surface area contributed by atoms with Gasteiger partial charge in [-0.05, 0) is 41.7 Å². The molecule has 1 atom stereocenters. The van der Waals surface area contributed by atoms with E-state index in [0.717, 1.165) is 23.1 Å². The predicted octanol–water partition coefficient (Wildman–Crippen LogP) is 3.81. The van der Waals surface area contributed by atoms with Crippen molar-refractivity contribution in [2.45, 2.75) is 25.6 Å². The summed E-state index contributed by atoms with van der Waals surface area (Å²) in [7, 11) is 1.64. The summed E-state index contributed by atoms with van der Waals surface area (Å²) >= 11 is 0. The normalized spacial score (nSPS) is 16.7. The number of hydrogen-bond acceptors (Lipinski definition) is 3. The first kappa shape index (κ1) is 14.7. The van der Waals surface area contributed by atoms with Gasteiger partial charge in [-0.25, -0.2) is 0 Å². The minimum absolute atomic E-state index is 0.477. The van der Waals surface area contributed by atoms with Crippen molar-refractivity contribution in [1.82, 2.24) is 0 Å². The molecule has 0 saturated carbocycles. The maximum Gasteiger partial charge on any atom is 0.162 e. The molecule has 0 spiro atoms. The molecule has 3 heteroatoms. The van der Waals surface area contributed by atoms with Crippen LogP contribution in [0.25, 0.3) is 0 Å². The lowest BCUT2D eigenvalue weighted by molar-refractivity contribution is 0.180. The topological polar surface area (TPSA) is 38.7 Å². The fourth-order valence-corrected chi connectivity index (χ4v) is 2.67. The van der Waals surface area contributed by atoms with E-state index >= 15 is 0 Å². The van der Waals surface area contributed by atoms with Crippen LogP contribution in [0.5, 0.6) is 11.5 Å². The van der Waals surface area contributed by atoms with Crippen LogP contribution >= 0.6 is 0 Å². The number of rotatable bonds is 4. The van der Waals surface area contributed by atoms with Crippen LogP contribution in [-0.4, -0.2) is 12.2 Å². The van der Waals surface area contributed by atoms with E-state index in [1.54, 1.807) is 7.11 Å². The van der Waals surface area contributed by atoms with Gasteiger partial charge in [0.2, 0.25) is 0 Å². The number of aliphatic hydroxyl groups is 1. The molecule has 0 aliphatic heterocycles. The van der Waals surface area contributed by atoms with Gasteiger partial charge in [0.15, 0.2) is 11.5 Å². The van der Waals surface area contributed by atoms with Gasteiger partial charge in [0, 0.05) is 0 Å². The van der Waals surface area contributed by atoms with Crippen molar-refractivity contribution in [3.05, 3.63) is 71.3 Å². The van der Waals surface area contributed by atoms with Crippen molar-refractivity contribution in [1.29, 1.82) is 0 Å². The molecule has 0 heterocycles. The molecule has 1 N–H and O–H groups in total. The van der Waals surface area contributed by atoms with Gasteiger partial charge in [0.25, 0.3) is 0 Å². The zero-order chi connectivity index (χ0) is 15.4. The summed E-state index contributed by atoms with van der Waals surface area (Å²) in [5.41, 5.74) is 3.11. The van der Waals surface area contributed by atoms with E-state index in [1.165, 1.54) is 0 Å². The molecule has 0 amide bonds. The highest BCUT2D eigenvalue weighted by atomic mass is 16.5. The van der Waals surface area contributed by atoms with Crippen LogP contribution < -0.4 is 9.47 Å². The molecule has 1 aliphatic rings. The van der Waals surface area contributed by atoms with Crippen molar-refractivity contribution in [2.75, 3.05) is 7.11 Å². The third kappa shape index (κ3) is 3.15. The molecule has 3 rings (SSSR count). The Balaban J connectivity index is 1.87. The molecule has 0 bridgehead atoms. The van der Waals surface area contributed by atoms with Crippen molar-refractivity contribution >= 4 is 0 Å². The highest BCUT2D eigenvalue weighted by Crippen LogP contribution is 2.36. The summed E-state index contributed by atoms with van der Waals surface area (Å²) in [5.74, 6) is 1.38. The molecule has 2 aromatic carbocycles. The average Bonchev–Trinajstić information content (AvgIpc) is 2.74. The smallest absolute Gasteiger partial charge is 0.162 e. The summed E-state index contributed by atoms with van der Waals surface area (Å²) < 4.78 is 11.4. The first-order chi connectivity index (χ1) is 10.8. The molecule has 22 heavy (non-hydrogen) atoms. The van der Waals surface area contributed by atoms with Gasteiger partial charge in [-0.3, -0.25) is 0 Å². The van der Waals surface area contributed by atoms with Crippen LogP contribution in [0.4, 0.5) is 0 Å². The Labute approximate surface area is 130 Å². The van der Waals surface area contributed by atoms with Crippen LogP contribution in [0.15, 0.2) is 54.6 Å². The largest absolute Gasteiger partial charge is 0.493 e. The number of allylic oxidation sites excluding steroid dienone is 1. The second kappa shape index (κ2) is 6.67. The van der Waals surface area contributed by atoms with E-state index < -0.39 is 6.10 Å². The molecule has 0 fully saturated rings. The molecule has 0 saturated heterocycles. The zero-order valence-electron chi connectivity index (χ0n) is 12.7. The summed E-state index contributed by atoms with van der Waals surface area (Å²) in [5, 5.41) is 10.3. The Kier molecular flexibility index (Phi) is 4.45. The molecule has 2 aromatic rings. The third-order valence-electron chi connectivity index (χ3n) is 3.89. The van der Waals surface area contributed by atoms with E-state index in [2.05, 4.69) is 6.08 Å². The Morgan fingerprint density at radius 2 is 1.91 bits per heavy atom. The van der Waals surface area contributed by atoms with E-state index in [1.807, 2.05) is 48.5 Å². The number of fused-ring (bicyclic) bond motifs is 1. The second-order valence-electron chi connectivity index (χ2n) is 5.40. The quantitative estimate of drug-likeness (QED) is 0.872. The van der Waals surface area contributed by atoms with E-state index in [-0.39, 0.29) is 0 Å². The lowest BCUT2D eigenvalue weighted by atomic mass is 9.99. The Morgan fingerprint density at radius 1 is 1.09 bits per heavy atom. The predicted molar refractivity (Wildman–Crippen MR) is 86.2 cm³/mol. The fraction of sp³-hybridized carbons (Fsp3) is 0.263. The summed E-state index contributed by atoms with van der Waals surface area (Å²) in [6.07, 6.45) is 5.05. The van der Waals surface area contributed by atoms with Gasteiger partial charge >= 0.3 is 0 Å². The Morgan fingerprint density at radius 3 is 2.68 bits per heavy atom. The van der Waals surface area contributed by atoms with E-state index in [9.17, 15) is 5.11 Å². The summed E-state index contributed by atoms with van der Waals surface area (Å²) in [6, 6.07) is 13.9. The number of benzene rings is 2. The summed E-state index contributed by atoms with van der Waals surface area (Å²) in [6.45, 7) is 0.477. The van der Waals surface area contributed by atoms with Gasteiger partial charge in [-0.1, -0.05) is 42.5 Å². The van der Waals surface area contributed by atoms with Gasteiger partial charge in [0.1, 0.15) is 6.61 Å². The van der Waals surface area contributed by atoms with E-state index in [4.69, 9.17) is 9.47 Å². The second-order valence-corrected chi connectivity index (χ2v) is 5.40. The number of ether oxygens (including phenoxy) is 2. The highest BCUT2D eigenvalue weighted by molar-refractivity contribution is 5.49. The average molecular weight is 296 g/mol. The van der Waals surface area contributed by atoms with Gasteiger partial charge < -0.3 is 14.6 Å². The molecular formula is C19H20O3. The van der Waals surface area contributed by atoms with Crippen LogP contribution in [-0.2, 0) is 13.0 Å². The number of hydrogen-bond donors (Lipinski definition) is 1. The Hall–Kier alpha value is -2.26. The van der Waals surface area contributed by atoms with Crippen molar-refractivity contribution in [2.24, 2.45) is 0 Å². The maximum absolute atomic E-state index is 10.3. The molecule has 3 nitrogen and oxygen atoms in total. The molecule has 1 unspecified atom stereocenters. The van der Waals surface area contributed by atoms with Crippen LogP contribution in [0.1, 0.15) is 29.2 Å². The lowest BCUT2D eigenvalue weighted by Crippen LogP contribution is -2.03. The van der Waals surface area contributed by atoms with Gasteiger partial charge in [-0.2, -0.15) is 0 Å². The lowest BCUT2D eigenvalue weighted by Gasteiger charge is -2.17. The van der Waals surface area contributed by atoms with E-state index in [0.29, 0.717) is 24.5 Å². The first-order valence-electron chi connectivity index (χ1n) is 7.48. The Bertz CT molecular complexity index is 662. The minimum atomic E-state index is -0.487. The number of methoxy groups -OCH3 is 1. The SMILES string of the molecule is COc1cc2c(cc1OCc1ccccc1)C(O)CC=CC2. The zero-order valence-corrected chi connectivity index (χ0v) is 12.7. The molecular weight excluding hydrogens is 276 g/mol. The third-order valence-corrected chi connectivity index (χ3v) is 3.89. The monoisotopic (exact) mass is 296 g/mol.